The predicted octanol–water partition coefficient (Wildman–Crippen LogP) is 4.68. The maximum Gasteiger partial charge on any atom is 0.416 e. The number of hydrogen-bond acceptors (Lipinski definition) is 4. The number of halogens is 5. The van der Waals surface area contributed by atoms with Gasteiger partial charge in [-0.25, -0.2) is 9.37 Å². The van der Waals surface area contributed by atoms with Gasteiger partial charge in [0, 0.05) is 6.54 Å². The number of ether oxygens (including phenoxy) is 1. The number of alkyl halides is 3. The Morgan fingerprint density at radius 2 is 1.73 bits per heavy atom. The molecule has 3 N–H and O–H groups in total. The lowest BCUT2D eigenvalue weighted by molar-refractivity contribution is -0.137. The maximum atomic E-state index is 13.9. The second kappa shape index (κ2) is 8.36. The number of nitrogens with one attached hydrogen (secondary N) is 1. The number of rotatable bonds is 5. The van der Waals surface area contributed by atoms with Gasteiger partial charge in [-0.05, 0) is 48.0 Å². The molecule has 2 aromatic carbocycles. The molecule has 0 aliphatic carbocycles. The highest BCUT2D eigenvalue weighted by atomic mass is 19.4. The molecule has 156 valence electrons. The Kier molecular flexibility index (Phi) is 5.86. The van der Waals surface area contributed by atoms with Crippen LogP contribution in [0.1, 0.15) is 21.5 Å². The second-order valence-electron chi connectivity index (χ2n) is 6.14. The van der Waals surface area contributed by atoms with Gasteiger partial charge >= 0.3 is 6.18 Å². The van der Waals surface area contributed by atoms with Crippen molar-refractivity contribution in [1.82, 2.24) is 10.3 Å². The van der Waals surface area contributed by atoms with Crippen LogP contribution in [0.2, 0.25) is 0 Å². The summed E-state index contributed by atoms with van der Waals surface area (Å²) in [5, 5.41) is 2.59. The number of carbonyl (C=O) groups excluding carboxylic acids is 1. The summed E-state index contributed by atoms with van der Waals surface area (Å²) >= 11 is 0. The highest BCUT2D eigenvalue weighted by Crippen LogP contribution is 2.33. The summed E-state index contributed by atoms with van der Waals surface area (Å²) < 4.78 is 69.8. The molecule has 1 aromatic heterocycles. The Labute approximate surface area is 167 Å². The third-order valence-corrected chi connectivity index (χ3v) is 4.00. The molecule has 1 heterocycles. The first-order valence-corrected chi connectivity index (χ1v) is 8.47. The number of nitrogen functional groups attached to an aromatic ring is 1. The van der Waals surface area contributed by atoms with Crippen molar-refractivity contribution in [3.05, 3.63) is 83.1 Å². The summed E-state index contributed by atoms with van der Waals surface area (Å²) in [4.78, 5) is 15.5. The molecule has 0 saturated heterocycles. The molecule has 30 heavy (non-hydrogen) atoms. The first-order valence-electron chi connectivity index (χ1n) is 8.47. The van der Waals surface area contributed by atoms with Crippen molar-refractivity contribution in [2.45, 2.75) is 12.7 Å². The van der Waals surface area contributed by atoms with Gasteiger partial charge in [0.15, 0.2) is 11.6 Å². The van der Waals surface area contributed by atoms with Gasteiger partial charge in [-0.3, -0.25) is 4.79 Å². The minimum Gasteiger partial charge on any atom is -0.454 e. The molecule has 0 atom stereocenters. The van der Waals surface area contributed by atoms with Crippen LogP contribution in [0.5, 0.6) is 11.5 Å². The first-order chi connectivity index (χ1) is 14.1. The number of amides is 1. The van der Waals surface area contributed by atoms with E-state index in [1.165, 1.54) is 18.2 Å². The van der Waals surface area contributed by atoms with E-state index >= 15 is 0 Å². The van der Waals surface area contributed by atoms with Crippen LogP contribution in [0.3, 0.4) is 0 Å². The van der Waals surface area contributed by atoms with Crippen molar-refractivity contribution < 1.29 is 31.5 Å². The summed E-state index contributed by atoms with van der Waals surface area (Å²) in [5.41, 5.74) is 5.07. The van der Waals surface area contributed by atoms with E-state index in [4.69, 9.17) is 10.5 Å². The zero-order valence-corrected chi connectivity index (χ0v) is 15.1. The number of nitrogens with zero attached hydrogens (tertiary/aromatic N) is 1. The molecule has 3 rings (SSSR count). The number of hydrogen-bond donors (Lipinski definition) is 2. The topological polar surface area (TPSA) is 77.2 Å². The Balaban J connectivity index is 1.62. The lowest BCUT2D eigenvalue weighted by atomic mass is 10.2. The van der Waals surface area contributed by atoms with Gasteiger partial charge in [-0.2, -0.15) is 17.6 Å². The van der Waals surface area contributed by atoms with Gasteiger partial charge in [-0.15, -0.1) is 0 Å². The molecule has 1 amide bonds. The van der Waals surface area contributed by atoms with Crippen molar-refractivity contribution in [1.29, 1.82) is 0 Å². The molecule has 0 aliphatic rings. The van der Waals surface area contributed by atoms with Gasteiger partial charge in [0.1, 0.15) is 11.6 Å². The van der Waals surface area contributed by atoms with E-state index in [0.29, 0.717) is 11.6 Å². The van der Waals surface area contributed by atoms with Crippen LogP contribution in [0.15, 0.2) is 54.6 Å². The normalized spacial score (nSPS) is 11.2. The number of benzene rings is 2. The minimum absolute atomic E-state index is 0.0223. The Hall–Kier alpha value is -3.69. The van der Waals surface area contributed by atoms with Gasteiger partial charge in [0.2, 0.25) is 5.95 Å². The molecule has 10 heteroatoms. The summed E-state index contributed by atoms with van der Waals surface area (Å²) in [6.07, 6.45) is -4.65. The van der Waals surface area contributed by atoms with Crippen molar-refractivity contribution >= 4 is 11.7 Å². The zero-order valence-electron chi connectivity index (χ0n) is 15.1. The SMILES string of the molecule is Nc1nc(F)ccc1C(=O)NCc1ccc(Oc2ccc(C(F)(F)F)cc2F)cc1. The smallest absolute Gasteiger partial charge is 0.416 e. The first kappa shape index (κ1) is 21.0. The molecule has 3 aromatic rings. The quantitative estimate of drug-likeness (QED) is 0.461. The summed E-state index contributed by atoms with van der Waals surface area (Å²) in [7, 11) is 0. The standard InChI is InChI=1S/C20H14F5N3O2/c21-15-9-12(20(23,24)25)3-7-16(15)30-13-4-1-11(2-5-13)10-27-19(29)14-6-8-17(22)28-18(14)26/h1-9H,10H2,(H2,26,28)(H,27,29). The Morgan fingerprint density at radius 3 is 2.33 bits per heavy atom. The molecule has 5 nitrogen and oxygen atoms in total. The number of anilines is 1. The maximum absolute atomic E-state index is 13.9. The van der Waals surface area contributed by atoms with Gasteiger partial charge in [0.05, 0.1) is 11.1 Å². The highest BCUT2D eigenvalue weighted by Gasteiger charge is 2.31. The fourth-order valence-corrected chi connectivity index (χ4v) is 2.48. The molecule has 0 fully saturated rings. The summed E-state index contributed by atoms with van der Waals surface area (Å²) in [6.45, 7) is 0.102. The largest absolute Gasteiger partial charge is 0.454 e. The third kappa shape index (κ3) is 5.02. The van der Waals surface area contributed by atoms with E-state index in [1.807, 2.05) is 0 Å². The Bertz CT molecular complexity index is 1070. The van der Waals surface area contributed by atoms with E-state index in [0.717, 1.165) is 18.2 Å². The van der Waals surface area contributed by atoms with Crippen LogP contribution < -0.4 is 15.8 Å². The van der Waals surface area contributed by atoms with Gasteiger partial charge < -0.3 is 15.8 Å². The molecule has 0 spiro atoms. The van der Waals surface area contributed by atoms with E-state index in [9.17, 15) is 26.7 Å². The van der Waals surface area contributed by atoms with Crippen LogP contribution in [-0.4, -0.2) is 10.9 Å². The van der Waals surface area contributed by atoms with Crippen LogP contribution >= 0.6 is 0 Å². The van der Waals surface area contributed by atoms with Gasteiger partial charge in [0.25, 0.3) is 5.91 Å². The van der Waals surface area contributed by atoms with E-state index in [1.54, 1.807) is 12.1 Å². The molecule has 0 bridgehead atoms. The van der Waals surface area contributed by atoms with Crippen LogP contribution in [-0.2, 0) is 12.7 Å². The molecule has 0 aliphatic heterocycles. The molecule has 0 unspecified atom stereocenters. The van der Waals surface area contributed by atoms with Crippen molar-refractivity contribution in [3.8, 4) is 11.5 Å². The average Bonchev–Trinajstić information content (AvgIpc) is 2.68. The number of aromatic nitrogens is 1. The molecular formula is C20H14F5N3O2. The molecule has 0 saturated carbocycles. The highest BCUT2D eigenvalue weighted by molar-refractivity contribution is 5.98. The Morgan fingerprint density at radius 1 is 1.03 bits per heavy atom. The van der Waals surface area contributed by atoms with E-state index < -0.39 is 29.4 Å². The fourth-order valence-electron chi connectivity index (χ4n) is 2.48. The number of pyridine rings is 1. The van der Waals surface area contributed by atoms with E-state index in [2.05, 4.69) is 10.3 Å². The fraction of sp³-hybridized carbons (Fsp3) is 0.100. The average molecular weight is 423 g/mol. The zero-order chi connectivity index (χ0) is 21.9. The molecular weight excluding hydrogens is 409 g/mol. The monoisotopic (exact) mass is 423 g/mol. The molecule has 0 radical (unpaired) electrons. The number of nitrogens with two attached hydrogens (primary N) is 1. The second-order valence-corrected chi connectivity index (χ2v) is 6.14. The summed E-state index contributed by atoms with van der Waals surface area (Å²) in [5.74, 6) is -2.91. The van der Waals surface area contributed by atoms with Gasteiger partial charge in [-0.1, -0.05) is 12.1 Å². The minimum atomic E-state index is -4.65. The van der Waals surface area contributed by atoms with Crippen molar-refractivity contribution in [3.63, 3.8) is 0 Å². The van der Waals surface area contributed by atoms with Crippen LogP contribution in [0.25, 0.3) is 0 Å². The lowest BCUT2D eigenvalue weighted by Crippen LogP contribution is -2.24. The summed E-state index contributed by atoms with van der Waals surface area (Å²) in [6, 6.07) is 10.3. The third-order valence-electron chi connectivity index (χ3n) is 4.00. The van der Waals surface area contributed by atoms with Crippen molar-refractivity contribution in [2.75, 3.05) is 5.73 Å². The van der Waals surface area contributed by atoms with E-state index in [-0.39, 0.29) is 29.4 Å². The van der Waals surface area contributed by atoms with Crippen LogP contribution in [0, 0.1) is 11.8 Å². The predicted molar refractivity (Wildman–Crippen MR) is 97.7 cm³/mol. The van der Waals surface area contributed by atoms with Crippen LogP contribution in [0.4, 0.5) is 27.8 Å². The van der Waals surface area contributed by atoms with Crippen molar-refractivity contribution in [2.24, 2.45) is 0 Å². The number of carbonyl (C=O) groups is 1. The lowest BCUT2D eigenvalue weighted by Gasteiger charge is -2.11.